The van der Waals surface area contributed by atoms with E-state index in [1.165, 1.54) is 6.42 Å². The fourth-order valence-corrected chi connectivity index (χ4v) is 1.62. The Hall–Kier alpha value is -0.900. The van der Waals surface area contributed by atoms with Crippen LogP contribution in [0.3, 0.4) is 0 Å². The Morgan fingerprint density at radius 3 is 2.64 bits per heavy atom. The predicted molar refractivity (Wildman–Crippen MR) is 56.9 cm³/mol. The van der Waals surface area contributed by atoms with Gasteiger partial charge >= 0.3 is 0 Å². The molecule has 4 nitrogen and oxygen atoms in total. The Morgan fingerprint density at radius 2 is 2.07 bits per heavy atom. The minimum atomic E-state index is 0.0381. The Bertz CT molecular complexity index is 280. The number of nitrogens with zero attached hydrogens (tertiary/aromatic N) is 3. The van der Waals surface area contributed by atoms with Crippen molar-refractivity contribution in [1.29, 1.82) is 0 Å². The first-order valence-corrected chi connectivity index (χ1v) is 5.36. The van der Waals surface area contributed by atoms with Crippen molar-refractivity contribution in [3.8, 4) is 0 Å². The van der Waals surface area contributed by atoms with Gasteiger partial charge in [-0.2, -0.15) is 0 Å². The zero-order valence-corrected chi connectivity index (χ0v) is 9.32. The van der Waals surface area contributed by atoms with Gasteiger partial charge in [0, 0.05) is 6.54 Å². The highest BCUT2D eigenvalue weighted by Gasteiger charge is 2.14. The van der Waals surface area contributed by atoms with Crippen LogP contribution in [0.1, 0.15) is 50.8 Å². The van der Waals surface area contributed by atoms with Gasteiger partial charge in [0.2, 0.25) is 0 Å². The van der Waals surface area contributed by atoms with E-state index < -0.39 is 0 Å². The molecule has 1 aromatic rings. The van der Waals surface area contributed by atoms with Crippen molar-refractivity contribution in [2.24, 2.45) is 5.73 Å². The monoisotopic (exact) mass is 196 g/mol. The lowest BCUT2D eigenvalue weighted by Gasteiger charge is -2.11. The molecule has 1 rings (SSSR count). The lowest BCUT2D eigenvalue weighted by atomic mass is 10.1. The second kappa shape index (κ2) is 5.10. The van der Waals surface area contributed by atoms with Crippen LogP contribution in [-0.4, -0.2) is 14.8 Å². The summed E-state index contributed by atoms with van der Waals surface area (Å²) >= 11 is 0. The molecule has 14 heavy (non-hydrogen) atoms. The first kappa shape index (κ1) is 11.2. The maximum Gasteiger partial charge on any atom is 0.149 e. The van der Waals surface area contributed by atoms with Crippen molar-refractivity contribution in [1.82, 2.24) is 14.8 Å². The Balaban J connectivity index is 2.73. The van der Waals surface area contributed by atoms with Gasteiger partial charge < -0.3 is 10.3 Å². The van der Waals surface area contributed by atoms with Gasteiger partial charge in [0.05, 0.1) is 6.04 Å². The molecule has 0 aromatic carbocycles. The molecule has 80 valence electrons. The van der Waals surface area contributed by atoms with Crippen molar-refractivity contribution >= 4 is 0 Å². The summed E-state index contributed by atoms with van der Waals surface area (Å²) in [5.74, 6) is 1.88. The number of hydrogen-bond donors (Lipinski definition) is 1. The standard InChI is InChI=1S/C10H20N4/c1-4-6-7-9(11)10-13-12-8(3)14(10)5-2/h9H,4-7,11H2,1-3H3/t9-/m0/s1. The quantitative estimate of drug-likeness (QED) is 0.781. The summed E-state index contributed by atoms with van der Waals surface area (Å²) < 4.78 is 2.08. The molecular weight excluding hydrogens is 176 g/mol. The Morgan fingerprint density at radius 1 is 1.36 bits per heavy atom. The second-order valence-corrected chi connectivity index (χ2v) is 3.60. The van der Waals surface area contributed by atoms with E-state index in [0.29, 0.717) is 0 Å². The molecule has 0 fully saturated rings. The third kappa shape index (κ3) is 2.32. The van der Waals surface area contributed by atoms with Crippen LogP contribution in [0, 0.1) is 6.92 Å². The molecule has 0 aliphatic carbocycles. The number of hydrogen-bond acceptors (Lipinski definition) is 3. The molecule has 0 saturated heterocycles. The third-order valence-electron chi connectivity index (χ3n) is 2.48. The summed E-state index contributed by atoms with van der Waals surface area (Å²) in [5.41, 5.74) is 6.05. The van der Waals surface area contributed by atoms with E-state index in [1.807, 2.05) is 6.92 Å². The van der Waals surface area contributed by atoms with Crippen LogP contribution >= 0.6 is 0 Å². The summed E-state index contributed by atoms with van der Waals surface area (Å²) in [6.07, 6.45) is 3.32. The van der Waals surface area contributed by atoms with Crippen LogP contribution in [-0.2, 0) is 6.54 Å². The van der Waals surface area contributed by atoms with E-state index in [2.05, 4.69) is 28.6 Å². The van der Waals surface area contributed by atoms with E-state index >= 15 is 0 Å². The van der Waals surface area contributed by atoms with Gasteiger partial charge in [0.25, 0.3) is 0 Å². The first-order chi connectivity index (χ1) is 6.70. The van der Waals surface area contributed by atoms with Gasteiger partial charge in [-0.25, -0.2) is 0 Å². The minimum absolute atomic E-state index is 0.0381. The Labute approximate surface area is 85.5 Å². The van der Waals surface area contributed by atoms with Crippen molar-refractivity contribution in [2.75, 3.05) is 0 Å². The topological polar surface area (TPSA) is 56.7 Å². The molecule has 0 saturated carbocycles. The number of rotatable bonds is 5. The van der Waals surface area contributed by atoms with Gasteiger partial charge in [0.1, 0.15) is 11.6 Å². The van der Waals surface area contributed by atoms with Gasteiger partial charge in [-0.05, 0) is 20.3 Å². The van der Waals surface area contributed by atoms with E-state index in [9.17, 15) is 0 Å². The smallest absolute Gasteiger partial charge is 0.149 e. The van der Waals surface area contributed by atoms with E-state index in [-0.39, 0.29) is 6.04 Å². The molecule has 1 atom stereocenters. The van der Waals surface area contributed by atoms with Gasteiger partial charge in [-0.1, -0.05) is 19.8 Å². The molecule has 4 heteroatoms. The van der Waals surface area contributed by atoms with Crippen LogP contribution < -0.4 is 5.73 Å². The maximum absolute atomic E-state index is 6.05. The molecule has 0 bridgehead atoms. The number of unbranched alkanes of at least 4 members (excludes halogenated alkanes) is 1. The summed E-state index contributed by atoms with van der Waals surface area (Å²) in [5, 5.41) is 8.18. The van der Waals surface area contributed by atoms with Gasteiger partial charge in [-0.15, -0.1) is 10.2 Å². The predicted octanol–water partition coefficient (Wildman–Crippen LogP) is 1.80. The molecule has 0 unspecified atom stereocenters. The molecule has 0 aliphatic rings. The van der Waals surface area contributed by atoms with Crippen molar-refractivity contribution < 1.29 is 0 Å². The highest BCUT2D eigenvalue weighted by atomic mass is 15.3. The summed E-state index contributed by atoms with van der Waals surface area (Å²) in [6.45, 7) is 7.12. The van der Waals surface area contributed by atoms with Crippen LogP contribution in [0.4, 0.5) is 0 Å². The molecule has 0 spiro atoms. The lowest BCUT2D eigenvalue weighted by Crippen LogP contribution is -2.16. The number of aromatic nitrogens is 3. The molecule has 0 aliphatic heterocycles. The normalized spacial score (nSPS) is 13.1. The van der Waals surface area contributed by atoms with Crippen LogP contribution in [0.15, 0.2) is 0 Å². The fraction of sp³-hybridized carbons (Fsp3) is 0.800. The second-order valence-electron chi connectivity index (χ2n) is 3.60. The average Bonchev–Trinajstić information content (AvgIpc) is 2.55. The van der Waals surface area contributed by atoms with Gasteiger partial charge in [0.15, 0.2) is 0 Å². The molecule has 0 amide bonds. The van der Waals surface area contributed by atoms with Crippen molar-refractivity contribution in [3.63, 3.8) is 0 Å². The van der Waals surface area contributed by atoms with Crippen molar-refractivity contribution in [3.05, 3.63) is 11.6 Å². The van der Waals surface area contributed by atoms with Crippen LogP contribution in [0.5, 0.6) is 0 Å². The highest BCUT2D eigenvalue weighted by molar-refractivity contribution is 4.98. The number of aryl methyl sites for hydroxylation is 1. The van der Waals surface area contributed by atoms with Gasteiger partial charge in [-0.3, -0.25) is 0 Å². The maximum atomic E-state index is 6.05. The van der Waals surface area contributed by atoms with E-state index in [4.69, 9.17) is 5.73 Å². The van der Waals surface area contributed by atoms with Crippen LogP contribution in [0.2, 0.25) is 0 Å². The zero-order chi connectivity index (χ0) is 10.6. The number of nitrogens with two attached hydrogens (primary N) is 1. The van der Waals surface area contributed by atoms with Crippen molar-refractivity contribution in [2.45, 2.75) is 52.6 Å². The van der Waals surface area contributed by atoms with Crippen LogP contribution in [0.25, 0.3) is 0 Å². The molecular formula is C10H20N4. The SMILES string of the molecule is CCCC[C@H](N)c1nnc(C)n1CC. The molecule has 2 N–H and O–H groups in total. The largest absolute Gasteiger partial charge is 0.321 e. The summed E-state index contributed by atoms with van der Waals surface area (Å²) in [4.78, 5) is 0. The molecule has 1 aromatic heterocycles. The van der Waals surface area contributed by atoms with E-state index in [1.54, 1.807) is 0 Å². The Kier molecular flexibility index (Phi) is 4.07. The molecule has 0 radical (unpaired) electrons. The van der Waals surface area contributed by atoms with E-state index in [0.717, 1.165) is 31.0 Å². The first-order valence-electron chi connectivity index (χ1n) is 5.36. The average molecular weight is 196 g/mol. The minimum Gasteiger partial charge on any atom is -0.321 e. The third-order valence-corrected chi connectivity index (χ3v) is 2.48. The summed E-state index contributed by atoms with van der Waals surface area (Å²) in [7, 11) is 0. The lowest BCUT2D eigenvalue weighted by molar-refractivity contribution is 0.538. The highest BCUT2D eigenvalue weighted by Crippen LogP contribution is 2.15. The zero-order valence-electron chi connectivity index (χ0n) is 9.32. The fourth-order valence-electron chi connectivity index (χ4n) is 1.62. The summed E-state index contributed by atoms with van der Waals surface area (Å²) in [6, 6.07) is 0.0381. The molecule has 1 heterocycles.